The molecule has 0 aliphatic carbocycles. The van der Waals surface area contributed by atoms with Crippen molar-refractivity contribution in [2.24, 2.45) is 0 Å². The molecule has 1 aliphatic rings. The highest BCUT2D eigenvalue weighted by atomic mass is 79.9. The van der Waals surface area contributed by atoms with Gasteiger partial charge in [-0.05, 0) is 46.3 Å². The molecule has 3 rings (SSSR count). The lowest BCUT2D eigenvalue weighted by atomic mass is 10.1. The molecule has 0 amide bonds. The Hall–Kier alpha value is -1.11. The molecule has 0 N–H and O–H groups in total. The number of rotatable bonds is 3. The van der Waals surface area contributed by atoms with E-state index in [4.69, 9.17) is 11.6 Å². The van der Waals surface area contributed by atoms with Crippen LogP contribution in [0.5, 0.6) is 0 Å². The van der Waals surface area contributed by atoms with Crippen LogP contribution in [0.25, 0.3) is 0 Å². The maximum Gasteiger partial charge on any atom is 0.252 e. The van der Waals surface area contributed by atoms with Gasteiger partial charge in [-0.2, -0.15) is 9.57 Å². The molecule has 0 saturated carbocycles. The number of nitrogens with zero attached hydrogens (tertiary/aromatic N) is 3. The first-order valence-electron chi connectivity index (χ1n) is 7.12. The van der Waals surface area contributed by atoms with E-state index in [2.05, 4.69) is 22.0 Å². The number of halogens is 2. The van der Waals surface area contributed by atoms with E-state index in [1.807, 2.05) is 4.90 Å². The molecule has 0 spiro atoms. The lowest BCUT2D eigenvalue weighted by molar-refractivity contribution is 0.386. The Bertz CT molecular complexity index is 900. The summed E-state index contributed by atoms with van der Waals surface area (Å²) in [5.74, 6) is 0. The quantitative estimate of drug-likeness (QED) is 0.723. The zero-order valence-corrected chi connectivity index (χ0v) is 16.4. The van der Waals surface area contributed by atoms with E-state index in [-0.39, 0.29) is 0 Å². The molecule has 9 heteroatoms. The van der Waals surface area contributed by atoms with Gasteiger partial charge in [0.05, 0.1) is 15.0 Å². The number of thiophene rings is 1. The Kier molecular flexibility index (Phi) is 5.18. The van der Waals surface area contributed by atoms with Gasteiger partial charge in [-0.1, -0.05) is 11.6 Å². The molecule has 24 heavy (non-hydrogen) atoms. The normalized spacial score (nSPS) is 16.1. The molecular formula is C15H13BrClN3O2S2. The van der Waals surface area contributed by atoms with Crippen LogP contribution in [-0.2, 0) is 10.0 Å². The fraction of sp³-hybridized carbons (Fsp3) is 0.267. The third kappa shape index (κ3) is 3.46. The van der Waals surface area contributed by atoms with Gasteiger partial charge in [0.15, 0.2) is 0 Å². The molecule has 1 aromatic carbocycles. The average molecular weight is 447 g/mol. The van der Waals surface area contributed by atoms with Crippen molar-refractivity contribution in [2.45, 2.75) is 4.21 Å². The van der Waals surface area contributed by atoms with Crippen LogP contribution in [0, 0.1) is 11.3 Å². The zero-order chi connectivity index (χ0) is 17.3. The van der Waals surface area contributed by atoms with Crippen LogP contribution in [0.4, 0.5) is 5.69 Å². The van der Waals surface area contributed by atoms with Crippen molar-refractivity contribution >= 4 is 54.6 Å². The third-order valence-electron chi connectivity index (χ3n) is 3.80. The van der Waals surface area contributed by atoms with Gasteiger partial charge in [-0.3, -0.25) is 0 Å². The van der Waals surface area contributed by atoms with Gasteiger partial charge >= 0.3 is 0 Å². The molecule has 1 saturated heterocycles. The predicted molar refractivity (Wildman–Crippen MR) is 99.2 cm³/mol. The fourth-order valence-corrected chi connectivity index (χ4v) is 6.37. The van der Waals surface area contributed by atoms with E-state index >= 15 is 0 Å². The van der Waals surface area contributed by atoms with Crippen molar-refractivity contribution < 1.29 is 8.42 Å². The highest BCUT2D eigenvalue weighted by Gasteiger charge is 2.30. The molecule has 0 unspecified atom stereocenters. The van der Waals surface area contributed by atoms with Crippen LogP contribution in [0.2, 0.25) is 5.02 Å². The van der Waals surface area contributed by atoms with Crippen molar-refractivity contribution in [1.82, 2.24) is 4.31 Å². The minimum atomic E-state index is -3.46. The Morgan fingerprint density at radius 3 is 2.46 bits per heavy atom. The van der Waals surface area contributed by atoms with Gasteiger partial charge in [0.1, 0.15) is 10.3 Å². The summed E-state index contributed by atoms with van der Waals surface area (Å²) in [4.78, 5) is 2.02. The molecule has 0 radical (unpaired) electrons. The summed E-state index contributed by atoms with van der Waals surface area (Å²) < 4.78 is 27.9. The van der Waals surface area contributed by atoms with Gasteiger partial charge in [0.2, 0.25) is 0 Å². The second-order valence-corrected chi connectivity index (χ2v) is 10.3. The SMILES string of the molecule is N#Cc1cc(Cl)ccc1N1CCN(S(=O)(=O)c2ccc(Br)s2)CC1. The number of hydrogen-bond acceptors (Lipinski definition) is 5. The summed E-state index contributed by atoms with van der Waals surface area (Å²) in [6, 6.07) is 10.7. The summed E-state index contributed by atoms with van der Waals surface area (Å²) in [6.45, 7) is 1.82. The maximum absolute atomic E-state index is 12.6. The van der Waals surface area contributed by atoms with Crippen LogP contribution >= 0.6 is 38.9 Å². The number of benzene rings is 1. The first-order chi connectivity index (χ1) is 11.4. The van der Waals surface area contributed by atoms with Crippen LogP contribution < -0.4 is 4.90 Å². The van der Waals surface area contributed by atoms with Crippen molar-refractivity contribution in [3.63, 3.8) is 0 Å². The van der Waals surface area contributed by atoms with Crippen LogP contribution in [0.1, 0.15) is 5.56 Å². The predicted octanol–water partition coefficient (Wildman–Crippen LogP) is 3.55. The van der Waals surface area contributed by atoms with Crippen LogP contribution in [0.3, 0.4) is 0 Å². The highest BCUT2D eigenvalue weighted by Crippen LogP contribution is 2.30. The molecule has 126 valence electrons. The van der Waals surface area contributed by atoms with Gasteiger partial charge in [0, 0.05) is 31.2 Å². The Morgan fingerprint density at radius 1 is 1.17 bits per heavy atom. The largest absolute Gasteiger partial charge is 0.368 e. The minimum absolute atomic E-state index is 0.340. The highest BCUT2D eigenvalue weighted by molar-refractivity contribution is 9.11. The van der Waals surface area contributed by atoms with Gasteiger partial charge in [-0.25, -0.2) is 8.42 Å². The summed E-state index contributed by atoms with van der Waals surface area (Å²) in [7, 11) is -3.46. The summed E-state index contributed by atoms with van der Waals surface area (Å²) in [6.07, 6.45) is 0. The zero-order valence-electron chi connectivity index (χ0n) is 12.4. The van der Waals surface area contributed by atoms with Crippen molar-refractivity contribution in [3.8, 4) is 6.07 Å². The number of piperazine rings is 1. The third-order valence-corrected chi connectivity index (χ3v) is 8.03. The van der Waals surface area contributed by atoms with E-state index < -0.39 is 10.0 Å². The summed E-state index contributed by atoms with van der Waals surface area (Å²) in [5, 5.41) is 9.77. The molecule has 1 fully saturated rings. The standard InChI is InChI=1S/C15H13BrClN3O2S2/c16-14-3-4-15(23-14)24(21,22)20-7-5-19(6-8-20)13-2-1-12(17)9-11(13)10-18/h1-4,9H,5-8H2. The van der Waals surface area contributed by atoms with Gasteiger partial charge in [0.25, 0.3) is 10.0 Å². The number of hydrogen-bond donors (Lipinski definition) is 0. The summed E-state index contributed by atoms with van der Waals surface area (Å²) in [5.41, 5.74) is 1.29. The monoisotopic (exact) mass is 445 g/mol. The minimum Gasteiger partial charge on any atom is -0.368 e. The lowest BCUT2D eigenvalue weighted by Gasteiger charge is -2.35. The second-order valence-electron chi connectivity index (χ2n) is 5.22. The molecule has 1 aromatic heterocycles. The van der Waals surface area contributed by atoms with E-state index in [9.17, 15) is 13.7 Å². The van der Waals surface area contributed by atoms with E-state index in [1.54, 1.807) is 30.3 Å². The molecule has 1 aliphatic heterocycles. The maximum atomic E-state index is 12.6. The molecule has 2 aromatic rings. The average Bonchev–Trinajstić information content (AvgIpc) is 3.02. The first-order valence-corrected chi connectivity index (χ1v) is 10.5. The fourth-order valence-electron chi connectivity index (χ4n) is 2.61. The molecule has 2 heterocycles. The van der Waals surface area contributed by atoms with E-state index in [1.165, 1.54) is 15.6 Å². The molecule has 0 bridgehead atoms. The number of nitriles is 1. The Balaban J connectivity index is 1.76. The molecule has 0 atom stereocenters. The number of anilines is 1. The smallest absolute Gasteiger partial charge is 0.252 e. The van der Waals surface area contributed by atoms with Crippen LogP contribution in [0.15, 0.2) is 38.3 Å². The summed E-state index contributed by atoms with van der Waals surface area (Å²) >= 11 is 10.4. The van der Waals surface area contributed by atoms with E-state index in [0.717, 1.165) is 9.47 Å². The molecular weight excluding hydrogens is 434 g/mol. The number of sulfonamides is 1. The van der Waals surface area contributed by atoms with Crippen LogP contribution in [-0.4, -0.2) is 38.9 Å². The Morgan fingerprint density at radius 2 is 1.88 bits per heavy atom. The van der Waals surface area contributed by atoms with Gasteiger partial charge < -0.3 is 4.90 Å². The first kappa shape index (κ1) is 17.7. The lowest BCUT2D eigenvalue weighted by Crippen LogP contribution is -2.48. The van der Waals surface area contributed by atoms with Crippen molar-refractivity contribution in [1.29, 1.82) is 5.26 Å². The second kappa shape index (κ2) is 7.02. The van der Waals surface area contributed by atoms with Crippen molar-refractivity contribution in [3.05, 3.63) is 44.7 Å². The molecule has 5 nitrogen and oxygen atoms in total. The van der Waals surface area contributed by atoms with Crippen molar-refractivity contribution in [2.75, 3.05) is 31.1 Å². The van der Waals surface area contributed by atoms with Gasteiger partial charge in [-0.15, -0.1) is 11.3 Å². The topological polar surface area (TPSA) is 64.4 Å². The Labute approximate surface area is 158 Å². The van der Waals surface area contributed by atoms with E-state index in [0.29, 0.717) is 41.0 Å².